The van der Waals surface area contributed by atoms with E-state index in [0.29, 0.717) is 6.42 Å². The molecule has 0 aliphatic rings. The van der Waals surface area contributed by atoms with E-state index in [-0.39, 0.29) is 23.5 Å². The first kappa shape index (κ1) is 12.5. The fraction of sp³-hybridized carbons (Fsp3) is 0.143. The summed E-state index contributed by atoms with van der Waals surface area (Å²) in [6, 6.07) is 8.05. The van der Waals surface area contributed by atoms with Gasteiger partial charge in [-0.15, -0.1) is 0 Å². The summed E-state index contributed by atoms with van der Waals surface area (Å²) in [6.45, 7) is 0. The number of hydrogen-bond donors (Lipinski definition) is 1. The summed E-state index contributed by atoms with van der Waals surface area (Å²) in [5.74, 6) is -1.62. The molecule has 0 aliphatic heterocycles. The van der Waals surface area contributed by atoms with Gasteiger partial charge in [0.25, 0.3) is 0 Å². The molecule has 0 spiro atoms. The summed E-state index contributed by atoms with van der Waals surface area (Å²) in [7, 11) is 0. The van der Waals surface area contributed by atoms with Crippen molar-refractivity contribution in [1.82, 2.24) is 0 Å². The molecule has 0 bridgehead atoms. The molecule has 4 heteroatoms. The number of anilines is 1. The Morgan fingerprint density at radius 2 is 1.39 bits per heavy atom. The lowest BCUT2D eigenvalue weighted by Gasteiger charge is -2.06. The van der Waals surface area contributed by atoms with E-state index in [1.165, 1.54) is 12.1 Å². The van der Waals surface area contributed by atoms with Gasteiger partial charge >= 0.3 is 0 Å². The summed E-state index contributed by atoms with van der Waals surface area (Å²) < 4.78 is 39.7. The van der Waals surface area contributed by atoms with E-state index in [1.807, 2.05) is 0 Å². The number of benzene rings is 2. The second-order valence-corrected chi connectivity index (χ2v) is 4.09. The van der Waals surface area contributed by atoms with Gasteiger partial charge in [0.15, 0.2) is 0 Å². The van der Waals surface area contributed by atoms with Crippen LogP contribution in [0, 0.1) is 17.5 Å². The Morgan fingerprint density at radius 3 is 1.94 bits per heavy atom. The maximum Gasteiger partial charge on any atom is 0.131 e. The molecule has 0 saturated heterocycles. The van der Waals surface area contributed by atoms with Crippen LogP contribution in [0.2, 0.25) is 0 Å². The predicted molar refractivity (Wildman–Crippen MR) is 64.6 cm³/mol. The van der Waals surface area contributed by atoms with Crippen molar-refractivity contribution in [1.29, 1.82) is 0 Å². The number of nitrogens with two attached hydrogens (primary N) is 1. The molecule has 0 amide bonds. The molecule has 0 heterocycles. The molecule has 2 rings (SSSR count). The van der Waals surface area contributed by atoms with Gasteiger partial charge in [-0.05, 0) is 42.7 Å². The van der Waals surface area contributed by atoms with Gasteiger partial charge < -0.3 is 5.73 Å². The highest BCUT2D eigenvalue weighted by Crippen LogP contribution is 2.19. The van der Waals surface area contributed by atoms with Crippen LogP contribution >= 0.6 is 0 Å². The number of hydrogen-bond acceptors (Lipinski definition) is 1. The zero-order chi connectivity index (χ0) is 13.1. The van der Waals surface area contributed by atoms with Crippen LogP contribution in [0.5, 0.6) is 0 Å². The molecule has 18 heavy (non-hydrogen) atoms. The topological polar surface area (TPSA) is 26.0 Å². The van der Waals surface area contributed by atoms with Crippen LogP contribution in [-0.2, 0) is 12.8 Å². The SMILES string of the molecule is Nc1cc(F)c(CCc2ccc(F)cc2)c(F)c1. The van der Waals surface area contributed by atoms with Gasteiger partial charge in [0.05, 0.1) is 0 Å². The Bertz CT molecular complexity index is 526. The highest BCUT2D eigenvalue weighted by molar-refractivity contribution is 5.41. The molecule has 0 aliphatic carbocycles. The molecule has 2 aromatic carbocycles. The number of nitrogen functional groups attached to an aromatic ring is 1. The number of halogens is 3. The van der Waals surface area contributed by atoms with E-state index < -0.39 is 11.6 Å². The molecule has 0 atom stereocenters. The fourth-order valence-corrected chi connectivity index (χ4v) is 1.78. The Morgan fingerprint density at radius 1 is 0.833 bits per heavy atom. The second kappa shape index (κ2) is 5.12. The van der Waals surface area contributed by atoms with E-state index in [9.17, 15) is 13.2 Å². The number of rotatable bonds is 3. The molecular weight excluding hydrogens is 239 g/mol. The predicted octanol–water partition coefficient (Wildman–Crippen LogP) is 3.47. The molecule has 2 N–H and O–H groups in total. The molecule has 1 nitrogen and oxygen atoms in total. The minimum Gasteiger partial charge on any atom is -0.399 e. The van der Waals surface area contributed by atoms with Crippen molar-refractivity contribution < 1.29 is 13.2 Å². The van der Waals surface area contributed by atoms with Crippen LogP contribution in [-0.4, -0.2) is 0 Å². The summed E-state index contributed by atoms with van der Waals surface area (Å²) in [4.78, 5) is 0. The molecule has 0 radical (unpaired) electrons. The standard InChI is InChI=1S/C14H12F3N/c15-10-4-1-9(2-5-10)3-6-12-13(16)7-11(18)8-14(12)17/h1-2,4-5,7-8H,3,6,18H2. The van der Waals surface area contributed by atoms with Gasteiger partial charge in [-0.2, -0.15) is 0 Å². The molecule has 0 unspecified atom stereocenters. The zero-order valence-electron chi connectivity index (χ0n) is 9.59. The van der Waals surface area contributed by atoms with E-state index >= 15 is 0 Å². The van der Waals surface area contributed by atoms with Crippen molar-refractivity contribution >= 4 is 5.69 Å². The monoisotopic (exact) mass is 251 g/mol. The van der Waals surface area contributed by atoms with E-state index in [2.05, 4.69) is 0 Å². The first-order chi connectivity index (χ1) is 8.56. The van der Waals surface area contributed by atoms with Gasteiger partial charge in [0, 0.05) is 11.3 Å². The van der Waals surface area contributed by atoms with Gasteiger partial charge in [0.1, 0.15) is 17.5 Å². The molecule has 0 fully saturated rings. The third-order valence-corrected chi connectivity index (χ3v) is 2.74. The summed E-state index contributed by atoms with van der Waals surface area (Å²) >= 11 is 0. The Hall–Kier alpha value is -1.97. The maximum atomic E-state index is 13.5. The lowest BCUT2D eigenvalue weighted by molar-refractivity contribution is 0.555. The van der Waals surface area contributed by atoms with Crippen LogP contribution < -0.4 is 5.73 Å². The second-order valence-electron chi connectivity index (χ2n) is 4.09. The molecule has 0 aromatic heterocycles. The summed E-state index contributed by atoms with van der Waals surface area (Å²) in [5.41, 5.74) is 6.23. The minimum atomic E-state index is -0.644. The van der Waals surface area contributed by atoms with Crippen LogP contribution in [0.4, 0.5) is 18.9 Å². The van der Waals surface area contributed by atoms with Crippen LogP contribution in [0.15, 0.2) is 36.4 Å². The average molecular weight is 251 g/mol. The van der Waals surface area contributed by atoms with Crippen molar-refractivity contribution in [3.8, 4) is 0 Å². The van der Waals surface area contributed by atoms with E-state index in [4.69, 9.17) is 5.73 Å². The Labute approximate surface area is 103 Å². The first-order valence-corrected chi connectivity index (χ1v) is 5.54. The van der Waals surface area contributed by atoms with Crippen LogP contribution in [0.3, 0.4) is 0 Å². The lowest BCUT2D eigenvalue weighted by atomic mass is 10.0. The first-order valence-electron chi connectivity index (χ1n) is 5.54. The molecular formula is C14H12F3N. The number of aryl methyl sites for hydroxylation is 1. The largest absolute Gasteiger partial charge is 0.399 e. The molecule has 2 aromatic rings. The third-order valence-electron chi connectivity index (χ3n) is 2.74. The maximum absolute atomic E-state index is 13.5. The quantitative estimate of drug-likeness (QED) is 0.830. The zero-order valence-corrected chi connectivity index (χ0v) is 9.59. The normalized spacial score (nSPS) is 10.6. The molecule has 0 saturated carbocycles. The Kier molecular flexibility index (Phi) is 3.55. The van der Waals surface area contributed by atoms with E-state index in [1.54, 1.807) is 12.1 Å². The minimum absolute atomic E-state index is 0.00789. The Balaban J connectivity index is 2.13. The average Bonchev–Trinajstić information content (AvgIpc) is 2.30. The van der Waals surface area contributed by atoms with Crippen LogP contribution in [0.1, 0.15) is 11.1 Å². The van der Waals surface area contributed by atoms with Crippen molar-refractivity contribution in [3.63, 3.8) is 0 Å². The van der Waals surface area contributed by atoms with E-state index in [0.717, 1.165) is 17.7 Å². The molecule has 94 valence electrons. The van der Waals surface area contributed by atoms with Gasteiger partial charge in [-0.1, -0.05) is 12.1 Å². The van der Waals surface area contributed by atoms with Gasteiger partial charge in [0.2, 0.25) is 0 Å². The van der Waals surface area contributed by atoms with Crippen molar-refractivity contribution in [2.45, 2.75) is 12.8 Å². The van der Waals surface area contributed by atoms with Crippen LogP contribution in [0.25, 0.3) is 0 Å². The lowest BCUT2D eigenvalue weighted by Crippen LogP contribution is -2.01. The van der Waals surface area contributed by atoms with Gasteiger partial charge in [-0.3, -0.25) is 0 Å². The van der Waals surface area contributed by atoms with Crippen molar-refractivity contribution in [3.05, 3.63) is 65.0 Å². The highest BCUT2D eigenvalue weighted by Gasteiger charge is 2.10. The highest BCUT2D eigenvalue weighted by atomic mass is 19.1. The third kappa shape index (κ3) is 2.83. The summed E-state index contributed by atoms with van der Waals surface area (Å²) in [6.07, 6.45) is 0.654. The summed E-state index contributed by atoms with van der Waals surface area (Å²) in [5, 5.41) is 0. The van der Waals surface area contributed by atoms with Crippen molar-refractivity contribution in [2.75, 3.05) is 5.73 Å². The van der Waals surface area contributed by atoms with Gasteiger partial charge in [-0.25, -0.2) is 13.2 Å². The smallest absolute Gasteiger partial charge is 0.131 e. The van der Waals surface area contributed by atoms with Crippen molar-refractivity contribution in [2.24, 2.45) is 0 Å². The fourth-order valence-electron chi connectivity index (χ4n) is 1.78.